The minimum absolute atomic E-state index is 0.137. The fraction of sp³-hybridized carbons (Fsp3) is 0.367. The Morgan fingerprint density at radius 1 is 1.30 bits per heavy atom. The van der Waals surface area contributed by atoms with Gasteiger partial charge in [0.1, 0.15) is 0 Å². The lowest BCUT2D eigenvalue weighted by molar-refractivity contribution is -0.121. The van der Waals surface area contributed by atoms with Gasteiger partial charge in [-0.2, -0.15) is 0 Å². The summed E-state index contributed by atoms with van der Waals surface area (Å²) >= 11 is 6.11. The monoisotopic (exact) mass is 524 g/mol. The lowest BCUT2D eigenvalue weighted by Gasteiger charge is -2.21. The van der Waals surface area contributed by atoms with Crippen LogP contribution < -0.4 is 10.6 Å². The van der Waals surface area contributed by atoms with E-state index in [0.717, 1.165) is 25.9 Å². The first-order valence-corrected chi connectivity index (χ1v) is 13.1. The summed E-state index contributed by atoms with van der Waals surface area (Å²) in [6.07, 6.45) is 24.4. The van der Waals surface area contributed by atoms with Crippen LogP contribution in [0.25, 0.3) is 0 Å². The van der Waals surface area contributed by atoms with Crippen molar-refractivity contribution < 1.29 is 9.59 Å². The van der Waals surface area contributed by atoms with E-state index in [9.17, 15) is 9.59 Å². The summed E-state index contributed by atoms with van der Waals surface area (Å²) in [5.41, 5.74) is 1.52. The van der Waals surface area contributed by atoms with Gasteiger partial charge in [0.25, 0.3) is 5.91 Å². The lowest BCUT2D eigenvalue weighted by Crippen LogP contribution is -2.30. The van der Waals surface area contributed by atoms with Crippen molar-refractivity contribution in [2.24, 2.45) is 10.9 Å². The maximum atomic E-state index is 12.9. The molecule has 1 aliphatic rings. The van der Waals surface area contributed by atoms with Crippen LogP contribution in [-0.2, 0) is 9.59 Å². The third-order valence-electron chi connectivity index (χ3n) is 5.39. The number of aliphatic imine (C=N–C) groups is 1. The number of rotatable bonds is 15. The number of amides is 2. The van der Waals surface area contributed by atoms with Crippen LogP contribution in [0.15, 0.2) is 101 Å². The Morgan fingerprint density at radius 2 is 2.08 bits per heavy atom. The minimum Gasteiger partial charge on any atom is -0.377 e. The van der Waals surface area contributed by atoms with E-state index in [-0.39, 0.29) is 17.7 Å². The normalized spacial score (nSPS) is 15.5. The Bertz CT molecular complexity index is 1010. The molecule has 0 aromatic carbocycles. The summed E-state index contributed by atoms with van der Waals surface area (Å²) in [5.74, 6) is -0.273. The predicted molar refractivity (Wildman–Crippen MR) is 157 cm³/mol. The molecule has 0 radical (unpaired) electrons. The summed E-state index contributed by atoms with van der Waals surface area (Å²) in [5, 5.41) is 6.33. The molecular weight excluding hydrogens is 484 g/mol. The second kappa shape index (κ2) is 18.8. The number of hydrogen-bond acceptors (Lipinski definition) is 4. The van der Waals surface area contributed by atoms with Crippen LogP contribution in [0.2, 0.25) is 0 Å². The third kappa shape index (κ3) is 14.1. The summed E-state index contributed by atoms with van der Waals surface area (Å²) in [4.78, 5) is 32.1. The van der Waals surface area contributed by atoms with Gasteiger partial charge in [-0.15, -0.1) is 0 Å². The molecule has 0 aliphatic heterocycles. The van der Waals surface area contributed by atoms with Crippen LogP contribution in [0.3, 0.4) is 0 Å². The molecule has 0 aromatic heterocycles. The van der Waals surface area contributed by atoms with Crippen LogP contribution >= 0.6 is 11.6 Å². The van der Waals surface area contributed by atoms with E-state index < -0.39 is 0 Å². The van der Waals surface area contributed by atoms with Crippen molar-refractivity contribution in [2.75, 3.05) is 13.1 Å². The van der Waals surface area contributed by atoms with Gasteiger partial charge in [-0.1, -0.05) is 62.4 Å². The molecule has 1 aliphatic carbocycles. The molecule has 7 heteroatoms. The summed E-state index contributed by atoms with van der Waals surface area (Å²) in [6.45, 7) is 13.3. The SMILES string of the molecule is C=C/C=C\C(NC(=O)CC(C)CCN(/C=C/C=N/C=C\C)CCC)=C(/C)C(=O)NC1=CC(Cl)=CC=CC1. The molecule has 6 nitrogen and oxygen atoms in total. The first-order valence-electron chi connectivity index (χ1n) is 12.7. The van der Waals surface area contributed by atoms with Gasteiger partial charge in [-0.05, 0) is 56.9 Å². The summed E-state index contributed by atoms with van der Waals surface area (Å²) in [6, 6.07) is 0. The molecule has 2 amide bonds. The number of hydrogen-bond donors (Lipinski definition) is 2. The fourth-order valence-corrected chi connectivity index (χ4v) is 3.61. The number of nitrogens with zero attached hydrogens (tertiary/aromatic N) is 2. The Labute approximate surface area is 227 Å². The van der Waals surface area contributed by atoms with Crippen molar-refractivity contribution in [3.8, 4) is 0 Å². The Morgan fingerprint density at radius 3 is 2.78 bits per heavy atom. The third-order valence-corrected chi connectivity index (χ3v) is 5.63. The molecule has 1 atom stereocenters. The number of halogens is 1. The van der Waals surface area contributed by atoms with E-state index in [1.165, 1.54) is 0 Å². The van der Waals surface area contributed by atoms with Crippen LogP contribution in [0.1, 0.15) is 53.4 Å². The van der Waals surface area contributed by atoms with Crippen molar-refractivity contribution in [3.63, 3.8) is 0 Å². The molecular formula is C30H41ClN4O2. The molecule has 0 heterocycles. The van der Waals surface area contributed by atoms with Gasteiger partial charge in [-0.25, -0.2) is 0 Å². The van der Waals surface area contributed by atoms with Crippen LogP contribution in [0.5, 0.6) is 0 Å². The highest BCUT2D eigenvalue weighted by Crippen LogP contribution is 2.15. The molecule has 0 aromatic rings. The van der Waals surface area contributed by atoms with Gasteiger partial charge < -0.3 is 15.5 Å². The van der Waals surface area contributed by atoms with Gasteiger partial charge in [0, 0.05) is 66.5 Å². The highest BCUT2D eigenvalue weighted by Gasteiger charge is 2.15. The molecule has 200 valence electrons. The maximum Gasteiger partial charge on any atom is 0.253 e. The van der Waals surface area contributed by atoms with Gasteiger partial charge in [-0.3, -0.25) is 14.6 Å². The predicted octanol–water partition coefficient (Wildman–Crippen LogP) is 6.45. The zero-order chi connectivity index (χ0) is 27.5. The Balaban J connectivity index is 2.78. The van der Waals surface area contributed by atoms with Gasteiger partial charge in [0.15, 0.2) is 0 Å². The molecule has 1 rings (SSSR count). The van der Waals surface area contributed by atoms with Crippen molar-refractivity contribution in [2.45, 2.75) is 53.4 Å². The number of carbonyl (C=O) groups is 2. The quantitative estimate of drug-likeness (QED) is 0.147. The molecule has 0 spiro atoms. The van der Waals surface area contributed by atoms with Crippen LogP contribution in [-0.4, -0.2) is 36.0 Å². The van der Waals surface area contributed by atoms with Crippen molar-refractivity contribution in [1.29, 1.82) is 0 Å². The van der Waals surface area contributed by atoms with Crippen molar-refractivity contribution >= 4 is 29.6 Å². The summed E-state index contributed by atoms with van der Waals surface area (Å²) < 4.78 is 0. The molecule has 37 heavy (non-hydrogen) atoms. The standard InChI is InChI=1S/C30H41ClN4O2/c1-6-9-15-28(25(5)30(37)33-27-14-11-10-13-26(31)23-27)34-29(36)22-24(4)16-21-35(19-8-3)20-12-18-32-17-7-2/h6-7,9-13,15,17-18,20,23-24H,1,8,14,16,19,21-22H2,2-5H3,(H,33,37)(H,34,36)/b15-9-,17-7-,20-12+,28-25-,32-18+. The molecule has 0 fully saturated rings. The Hall–Kier alpha value is -3.38. The molecule has 0 saturated carbocycles. The Kier molecular flexibility index (Phi) is 16.1. The average molecular weight is 525 g/mol. The average Bonchev–Trinajstić information content (AvgIpc) is 3.07. The molecule has 0 bridgehead atoms. The van der Waals surface area contributed by atoms with E-state index in [1.807, 2.05) is 37.4 Å². The minimum atomic E-state index is -0.303. The van der Waals surface area contributed by atoms with Crippen LogP contribution in [0.4, 0.5) is 0 Å². The van der Waals surface area contributed by atoms with E-state index in [2.05, 4.69) is 41.0 Å². The number of carbonyl (C=O) groups excluding carboxylic acids is 2. The molecule has 1 unspecified atom stereocenters. The maximum absolute atomic E-state index is 12.9. The largest absolute Gasteiger partial charge is 0.377 e. The second-order valence-electron chi connectivity index (χ2n) is 8.75. The van der Waals surface area contributed by atoms with Crippen molar-refractivity contribution in [3.05, 3.63) is 95.7 Å². The number of allylic oxidation sites excluding steroid dienone is 10. The smallest absolute Gasteiger partial charge is 0.253 e. The lowest BCUT2D eigenvalue weighted by atomic mass is 10.0. The van der Waals surface area contributed by atoms with E-state index >= 15 is 0 Å². The molecule has 0 saturated heterocycles. The van der Waals surface area contributed by atoms with Crippen molar-refractivity contribution in [1.82, 2.24) is 15.5 Å². The molecule has 2 N–H and O–H groups in total. The first-order chi connectivity index (χ1) is 17.8. The van der Waals surface area contributed by atoms with Gasteiger partial charge in [0.05, 0.1) is 0 Å². The number of nitrogens with one attached hydrogen (secondary N) is 2. The van der Waals surface area contributed by atoms with Gasteiger partial charge in [0.2, 0.25) is 5.91 Å². The first kappa shape index (κ1) is 31.6. The van der Waals surface area contributed by atoms with Crippen LogP contribution in [0, 0.1) is 5.92 Å². The topological polar surface area (TPSA) is 73.8 Å². The second-order valence-corrected chi connectivity index (χ2v) is 9.18. The highest BCUT2D eigenvalue weighted by atomic mass is 35.5. The fourth-order valence-electron chi connectivity index (χ4n) is 3.40. The van der Waals surface area contributed by atoms with E-state index in [1.54, 1.807) is 49.7 Å². The summed E-state index contributed by atoms with van der Waals surface area (Å²) in [7, 11) is 0. The highest BCUT2D eigenvalue weighted by molar-refractivity contribution is 6.31. The zero-order valence-electron chi connectivity index (χ0n) is 22.5. The van der Waals surface area contributed by atoms with Gasteiger partial charge >= 0.3 is 0 Å². The zero-order valence-corrected chi connectivity index (χ0v) is 23.3. The van der Waals surface area contributed by atoms with E-state index in [0.29, 0.717) is 34.8 Å². The van der Waals surface area contributed by atoms with E-state index in [4.69, 9.17) is 11.6 Å².